The monoisotopic (exact) mass is 400 g/mol. The lowest BCUT2D eigenvalue weighted by molar-refractivity contribution is -0.115. The molecule has 0 aliphatic carbocycles. The molecule has 28 heavy (non-hydrogen) atoms. The predicted octanol–water partition coefficient (Wildman–Crippen LogP) is 4.26. The van der Waals surface area contributed by atoms with Gasteiger partial charge in [-0.2, -0.15) is 0 Å². The summed E-state index contributed by atoms with van der Waals surface area (Å²) in [4.78, 5) is 16.7. The molecule has 146 valence electrons. The normalized spacial score (nSPS) is 11.9. The molecule has 0 saturated carbocycles. The molecule has 0 spiro atoms. The highest BCUT2D eigenvalue weighted by Gasteiger charge is 2.18. The smallest absolute Gasteiger partial charge is 0.237 e. The minimum Gasteiger partial charge on any atom is -0.485 e. The van der Waals surface area contributed by atoms with Crippen molar-refractivity contribution in [2.75, 3.05) is 5.32 Å². The van der Waals surface area contributed by atoms with E-state index in [1.54, 1.807) is 26.0 Å². The first-order valence-corrected chi connectivity index (χ1v) is 9.63. The maximum atomic E-state index is 13.6. The summed E-state index contributed by atoms with van der Waals surface area (Å²) < 4.78 is 19.3. The van der Waals surface area contributed by atoms with Crippen molar-refractivity contribution in [3.8, 4) is 5.75 Å². The third-order valence-electron chi connectivity index (χ3n) is 4.06. The van der Waals surface area contributed by atoms with Crippen LogP contribution in [0.25, 0.3) is 0 Å². The molecular weight excluding hydrogens is 379 g/mol. The molecule has 2 aromatic carbocycles. The van der Waals surface area contributed by atoms with Gasteiger partial charge in [0.1, 0.15) is 18.2 Å². The Balaban J connectivity index is 1.54. The summed E-state index contributed by atoms with van der Waals surface area (Å²) in [5.74, 6) is 0.742. The lowest BCUT2D eigenvalue weighted by Gasteiger charge is -2.10. The standard InChI is InChI=1S/C20H21FN4O2S/c1-12-8-9-15(10-16(12)21)22-19(26)14(3)28-20-23-18(24-25-20)11-27-17-7-5-4-6-13(17)2/h4-10,14H,11H2,1-3H3,(H,22,26)(H,23,24,25)/t14-/m1/s1. The molecule has 1 atom stereocenters. The molecule has 1 heterocycles. The van der Waals surface area contributed by atoms with Crippen molar-refractivity contribution in [3.05, 3.63) is 65.2 Å². The van der Waals surface area contributed by atoms with E-state index in [1.165, 1.54) is 17.8 Å². The molecule has 2 N–H and O–H groups in total. The summed E-state index contributed by atoms with van der Waals surface area (Å²) in [5, 5.41) is 9.62. The number of carbonyl (C=O) groups is 1. The average molecular weight is 400 g/mol. The van der Waals surface area contributed by atoms with Crippen LogP contribution in [0.2, 0.25) is 0 Å². The Hall–Kier alpha value is -2.87. The fourth-order valence-electron chi connectivity index (χ4n) is 2.39. The van der Waals surface area contributed by atoms with E-state index in [2.05, 4.69) is 20.5 Å². The number of H-pyrrole nitrogens is 1. The van der Waals surface area contributed by atoms with Gasteiger partial charge in [-0.3, -0.25) is 9.89 Å². The van der Waals surface area contributed by atoms with Crippen molar-refractivity contribution >= 4 is 23.4 Å². The largest absolute Gasteiger partial charge is 0.485 e. The van der Waals surface area contributed by atoms with E-state index in [1.807, 2.05) is 31.2 Å². The Labute approximate surface area is 166 Å². The second kappa shape index (κ2) is 8.88. The van der Waals surface area contributed by atoms with E-state index in [4.69, 9.17) is 4.74 Å². The van der Waals surface area contributed by atoms with E-state index >= 15 is 0 Å². The van der Waals surface area contributed by atoms with Gasteiger partial charge in [0.15, 0.2) is 5.82 Å². The van der Waals surface area contributed by atoms with Crippen molar-refractivity contribution in [1.82, 2.24) is 15.2 Å². The number of aromatic nitrogens is 3. The number of nitrogens with one attached hydrogen (secondary N) is 2. The lowest BCUT2D eigenvalue weighted by atomic mass is 10.2. The molecule has 0 saturated heterocycles. The highest BCUT2D eigenvalue weighted by atomic mass is 32.2. The van der Waals surface area contributed by atoms with Crippen LogP contribution in [-0.2, 0) is 11.4 Å². The van der Waals surface area contributed by atoms with Crippen LogP contribution < -0.4 is 10.1 Å². The summed E-state index contributed by atoms with van der Waals surface area (Å²) in [7, 11) is 0. The van der Waals surface area contributed by atoms with Gasteiger partial charge in [-0.25, -0.2) is 9.37 Å². The Morgan fingerprint density at radius 2 is 2.04 bits per heavy atom. The fraction of sp³-hybridized carbons (Fsp3) is 0.250. The van der Waals surface area contributed by atoms with Crippen LogP contribution in [0, 0.1) is 19.7 Å². The Bertz CT molecular complexity index is 976. The van der Waals surface area contributed by atoms with Crippen molar-refractivity contribution < 1.29 is 13.9 Å². The zero-order chi connectivity index (χ0) is 20.1. The topological polar surface area (TPSA) is 79.9 Å². The Morgan fingerprint density at radius 1 is 1.25 bits per heavy atom. The molecule has 0 aliphatic rings. The molecule has 0 fully saturated rings. The summed E-state index contributed by atoms with van der Waals surface area (Å²) in [6.45, 7) is 5.63. The van der Waals surface area contributed by atoms with Gasteiger partial charge in [-0.1, -0.05) is 36.0 Å². The average Bonchev–Trinajstić information content (AvgIpc) is 3.11. The van der Waals surface area contributed by atoms with Crippen LogP contribution in [0.1, 0.15) is 23.9 Å². The molecular formula is C20H21FN4O2S. The fourth-order valence-corrected chi connectivity index (χ4v) is 3.13. The van der Waals surface area contributed by atoms with Gasteiger partial charge in [-0.05, 0) is 50.1 Å². The molecule has 0 bridgehead atoms. The number of benzene rings is 2. The zero-order valence-corrected chi connectivity index (χ0v) is 16.6. The third-order valence-corrected chi connectivity index (χ3v) is 5.02. The number of ether oxygens (including phenoxy) is 1. The van der Waals surface area contributed by atoms with Gasteiger partial charge in [0.2, 0.25) is 11.1 Å². The van der Waals surface area contributed by atoms with Crippen molar-refractivity contribution in [2.24, 2.45) is 0 Å². The van der Waals surface area contributed by atoms with Crippen LogP contribution in [0.5, 0.6) is 5.75 Å². The molecule has 1 amide bonds. The number of hydrogen-bond donors (Lipinski definition) is 2. The molecule has 3 aromatic rings. The number of para-hydroxylation sites is 1. The number of anilines is 1. The van der Waals surface area contributed by atoms with Crippen LogP contribution >= 0.6 is 11.8 Å². The lowest BCUT2D eigenvalue weighted by Crippen LogP contribution is -2.22. The highest BCUT2D eigenvalue weighted by Crippen LogP contribution is 2.22. The molecule has 0 radical (unpaired) electrons. The molecule has 1 aromatic heterocycles. The zero-order valence-electron chi connectivity index (χ0n) is 15.8. The molecule has 3 rings (SSSR count). The Morgan fingerprint density at radius 3 is 2.79 bits per heavy atom. The van der Waals surface area contributed by atoms with Gasteiger partial charge in [-0.15, -0.1) is 5.10 Å². The van der Waals surface area contributed by atoms with Crippen molar-refractivity contribution in [3.63, 3.8) is 0 Å². The minimum atomic E-state index is -0.453. The maximum Gasteiger partial charge on any atom is 0.237 e. The second-order valence-electron chi connectivity index (χ2n) is 6.33. The quantitative estimate of drug-likeness (QED) is 0.579. The summed E-state index contributed by atoms with van der Waals surface area (Å²) >= 11 is 1.21. The number of hydrogen-bond acceptors (Lipinski definition) is 5. The van der Waals surface area contributed by atoms with Gasteiger partial charge in [0, 0.05) is 5.69 Å². The number of carbonyl (C=O) groups excluding carboxylic acids is 1. The molecule has 6 nitrogen and oxygen atoms in total. The SMILES string of the molecule is Cc1ccc(NC(=O)[C@@H](C)Sc2n[nH]c(COc3ccccc3C)n2)cc1F. The molecule has 0 aliphatic heterocycles. The summed E-state index contributed by atoms with van der Waals surface area (Å²) in [5.41, 5.74) is 1.99. The number of thioether (sulfide) groups is 1. The van der Waals surface area contributed by atoms with Gasteiger partial charge in [0.25, 0.3) is 0 Å². The van der Waals surface area contributed by atoms with E-state index in [9.17, 15) is 9.18 Å². The number of aryl methyl sites for hydroxylation is 2. The van der Waals surface area contributed by atoms with Crippen LogP contribution in [-0.4, -0.2) is 26.3 Å². The highest BCUT2D eigenvalue weighted by molar-refractivity contribution is 8.00. The summed E-state index contributed by atoms with van der Waals surface area (Å²) in [6.07, 6.45) is 0. The molecule has 0 unspecified atom stereocenters. The van der Waals surface area contributed by atoms with Gasteiger partial charge < -0.3 is 10.1 Å². The van der Waals surface area contributed by atoms with E-state index in [0.717, 1.165) is 11.3 Å². The number of amides is 1. The van der Waals surface area contributed by atoms with Crippen molar-refractivity contribution in [2.45, 2.75) is 37.8 Å². The van der Waals surface area contributed by atoms with Crippen LogP contribution in [0.4, 0.5) is 10.1 Å². The number of halogens is 1. The van der Waals surface area contributed by atoms with E-state index < -0.39 is 5.25 Å². The number of nitrogens with zero attached hydrogens (tertiary/aromatic N) is 2. The number of aromatic amines is 1. The molecule has 8 heteroatoms. The minimum absolute atomic E-state index is 0.252. The van der Waals surface area contributed by atoms with Crippen LogP contribution in [0.15, 0.2) is 47.6 Å². The second-order valence-corrected chi connectivity index (χ2v) is 7.64. The van der Waals surface area contributed by atoms with Crippen molar-refractivity contribution in [1.29, 1.82) is 0 Å². The van der Waals surface area contributed by atoms with E-state index in [0.29, 0.717) is 22.2 Å². The van der Waals surface area contributed by atoms with Gasteiger partial charge >= 0.3 is 0 Å². The maximum absolute atomic E-state index is 13.6. The first kappa shape index (κ1) is 19.9. The van der Waals surface area contributed by atoms with E-state index in [-0.39, 0.29) is 18.3 Å². The van der Waals surface area contributed by atoms with Gasteiger partial charge in [0.05, 0.1) is 5.25 Å². The number of rotatable bonds is 7. The Kier molecular flexibility index (Phi) is 6.30. The van der Waals surface area contributed by atoms with Crippen LogP contribution in [0.3, 0.4) is 0 Å². The predicted molar refractivity (Wildman–Crippen MR) is 107 cm³/mol. The third kappa shape index (κ3) is 5.10. The summed E-state index contributed by atoms with van der Waals surface area (Å²) in [6, 6.07) is 12.3. The first-order valence-electron chi connectivity index (χ1n) is 8.76. The first-order chi connectivity index (χ1) is 13.4.